The van der Waals surface area contributed by atoms with Crippen LogP contribution in [0.4, 0.5) is 0 Å². The number of hydrogen-bond acceptors (Lipinski definition) is 4. The van der Waals surface area contributed by atoms with Gasteiger partial charge in [-0.25, -0.2) is 0 Å². The number of ether oxygens (including phenoxy) is 1. The lowest BCUT2D eigenvalue weighted by Gasteiger charge is -2.46. The van der Waals surface area contributed by atoms with E-state index in [9.17, 15) is 4.79 Å². The number of rotatable bonds is 10. The van der Waals surface area contributed by atoms with Gasteiger partial charge in [0.15, 0.2) is 16.6 Å². The Balaban J connectivity index is 1.86. The monoisotopic (exact) mass is 644 g/mol. The molecule has 0 amide bonds. The topological polar surface area (TPSA) is 44.8 Å². The predicted octanol–water partition coefficient (Wildman–Crippen LogP) is 11.2. The minimum Gasteiger partial charge on any atom is -0.469 e. The maximum absolute atomic E-state index is 11.7. The van der Waals surface area contributed by atoms with E-state index < -0.39 is 16.6 Å². The summed E-state index contributed by atoms with van der Waals surface area (Å²) in [5.74, 6) is 1.92. The zero-order valence-electron chi connectivity index (χ0n) is 31.0. The van der Waals surface area contributed by atoms with Crippen molar-refractivity contribution in [2.75, 3.05) is 7.11 Å². The molecule has 3 aliphatic rings. The number of carbonyl (C=O) groups is 1. The molecule has 3 aliphatic carbocycles. The lowest BCUT2D eigenvalue weighted by molar-refractivity contribution is -0.140. The molecule has 0 aromatic carbocycles. The highest BCUT2D eigenvalue weighted by Gasteiger charge is 2.50. The molecule has 0 bridgehead atoms. The van der Waals surface area contributed by atoms with Crippen molar-refractivity contribution < 1.29 is 18.4 Å². The van der Waals surface area contributed by atoms with Crippen LogP contribution in [0.5, 0.6) is 0 Å². The predicted molar refractivity (Wildman–Crippen MR) is 192 cm³/mol. The second-order valence-electron chi connectivity index (χ2n) is 17.8. The van der Waals surface area contributed by atoms with Crippen LogP contribution in [0.2, 0.25) is 36.3 Å². The fourth-order valence-electron chi connectivity index (χ4n) is 7.85. The van der Waals surface area contributed by atoms with Crippen LogP contribution in [0.1, 0.15) is 120 Å². The standard InChI is InChI=1S/C38H68O4Si2/c1-27(17-15-19-35(39)40-10)32-22-23-33-29(18-16-24-38(32,33)9)20-21-30-25-31(41-43(11,12)36(3,4)5)26-34(28(30)2)42-44(13,14)37(6,7)8/h20-21,27,31-34H,2,15-19,22-26H2,1,3-14H3/b29-20+,30-21+/t27-,31-,32-,33+,34+,38-/m0/s1. The second kappa shape index (κ2) is 14.0. The van der Waals surface area contributed by atoms with E-state index >= 15 is 0 Å². The third-order valence-electron chi connectivity index (χ3n) is 12.7. The molecular formula is C38H68O4Si2. The van der Waals surface area contributed by atoms with Crippen molar-refractivity contribution in [1.29, 1.82) is 0 Å². The Morgan fingerprint density at radius 2 is 1.64 bits per heavy atom. The Hall–Kier alpha value is -0.956. The van der Waals surface area contributed by atoms with Gasteiger partial charge in [0.05, 0.1) is 19.3 Å². The molecule has 0 saturated heterocycles. The first-order valence-corrected chi connectivity index (χ1v) is 23.5. The molecule has 6 atom stereocenters. The van der Waals surface area contributed by atoms with Gasteiger partial charge in [-0.3, -0.25) is 4.79 Å². The molecule has 0 unspecified atom stereocenters. The maximum atomic E-state index is 11.7. The molecule has 0 aliphatic heterocycles. The Morgan fingerprint density at radius 3 is 2.23 bits per heavy atom. The Kier molecular flexibility index (Phi) is 12.0. The lowest BCUT2D eigenvalue weighted by atomic mass is 9.60. The van der Waals surface area contributed by atoms with Crippen LogP contribution in [-0.4, -0.2) is 41.9 Å². The fraction of sp³-hybridized carbons (Fsp3) is 0.816. The van der Waals surface area contributed by atoms with Crippen molar-refractivity contribution in [1.82, 2.24) is 0 Å². The zero-order chi connectivity index (χ0) is 33.3. The van der Waals surface area contributed by atoms with Crippen molar-refractivity contribution in [3.63, 3.8) is 0 Å². The van der Waals surface area contributed by atoms with Gasteiger partial charge in [0.1, 0.15) is 0 Å². The SMILES string of the molecule is C=C1/C(=C/C=C2\CCC[C@]3(C)[C@@H]2CC[C@H]3[C@@H](C)CCCC(=O)OC)C[C@H](O[Si](C)(C)C(C)(C)C)C[C@H]1O[Si](C)(C)C(C)(C)C. The van der Waals surface area contributed by atoms with Gasteiger partial charge in [-0.1, -0.05) is 79.7 Å². The van der Waals surface area contributed by atoms with Crippen LogP contribution in [-0.2, 0) is 18.4 Å². The molecule has 0 aromatic rings. The molecule has 252 valence electrons. The van der Waals surface area contributed by atoms with E-state index in [1.165, 1.54) is 50.4 Å². The average Bonchev–Trinajstić information content (AvgIpc) is 3.25. The van der Waals surface area contributed by atoms with Gasteiger partial charge in [-0.15, -0.1) is 0 Å². The third-order valence-corrected chi connectivity index (χ3v) is 21.7. The Bertz CT molecular complexity index is 1090. The van der Waals surface area contributed by atoms with E-state index in [0.717, 1.165) is 31.6 Å². The largest absolute Gasteiger partial charge is 0.469 e. The lowest BCUT2D eigenvalue weighted by Crippen LogP contribution is -2.49. The number of carbonyl (C=O) groups excluding carboxylic acids is 1. The summed E-state index contributed by atoms with van der Waals surface area (Å²) in [6.45, 7) is 33.1. The molecule has 0 N–H and O–H groups in total. The first-order chi connectivity index (χ1) is 20.1. The summed E-state index contributed by atoms with van der Waals surface area (Å²) in [7, 11) is -2.42. The number of fused-ring (bicyclic) bond motifs is 1. The summed E-state index contributed by atoms with van der Waals surface area (Å²) in [5.41, 5.74) is 4.48. The molecule has 3 saturated carbocycles. The molecule has 3 fully saturated rings. The van der Waals surface area contributed by atoms with E-state index in [4.69, 9.17) is 13.6 Å². The first-order valence-electron chi connectivity index (χ1n) is 17.6. The molecule has 44 heavy (non-hydrogen) atoms. The minimum atomic E-state index is -1.98. The number of esters is 1. The third kappa shape index (κ3) is 8.49. The van der Waals surface area contributed by atoms with Gasteiger partial charge < -0.3 is 13.6 Å². The van der Waals surface area contributed by atoms with Crippen LogP contribution in [0.15, 0.2) is 35.5 Å². The van der Waals surface area contributed by atoms with Gasteiger partial charge in [-0.2, -0.15) is 0 Å². The summed E-state index contributed by atoms with van der Waals surface area (Å²) in [5, 5.41) is 0.319. The van der Waals surface area contributed by atoms with Crippen LogP contribution in [0.25, 0.3) is 0 Å². The van der Waals surface area contributed by atoms with E-state index in [-0.39, 0.29) is 28.3 Å². The number of allylic oxidation sites excluding steroid dienone is 3. The van der Waals surface area contributed by atoms with Crippen LogP contribution in [0.3, 0.4) is 0 Å². The molecule has 0 heterocycles. The van der Waals surface area contributed by atoms with Crippen molar-refractivity contribution in [2.24, 2.45) is 23.2 Å². The second-order valence-corrected chi connectivity index (χ2v) is 27.3. The fourth-order valence-corrected chi connectivity index (χ4v) is 10.5. The quantitative estimate of drug-likeness (QED) is 0.175. The zero-order valence-corrected chi connectivity index (χ0v) is 33.0. The molecule has 6 heteroatoms. The summed E-state index contributed by atoms with van der Waals surface area (Å²) in [6, 6.07) is 0. The van der Waals surface area contributed by atoms with E-state index in [0.29, 0.717) is 23.7 Å². The number of hydrogen-bond donors (Lipinski definition) is 0. The van der Waals surface area contributed by atoms with Crippen molar-refractivity contribution in [2.45, 2.75) is 168 Å². The molecular weight excluding hydrogens is 577 g/mol. The van der Waals surface area contributed by atoms with Crippen LogP contribution >= 0.6 is 0 Å². The number of methoxy groups -OCH3 is 1. The summed E-state index contributed by atoms with van der Waals surface area (Å²) in [4.78, 5) is 11.7. The normalized spacial score (nSPS) is 31.3. The molecule has 3 rings (SSSR count). The highest BCUT2D eigenvalue weighted by Crippen LogP contribution is 2.60. The Labute approximate surface area is 274 Å². The summed E-state index contributed by atoms with van der Waals surface area (Å²) in [6.07, 6.45) is 15.9. The molecule has 4 nitrogen and oxygen atoms in total. The van der Waals surface area contributed by atoms with E-state index in [2.05, 4.69) is 100 Å². The van der Waals surface area contributed by atoms with Crippen molar-refractivity contribution in [3.8, 4) is 0 Å². The summed E-state index contributed by atoms with van der Waals surface area (Å²) >= 11 is 0. The smallest absolute Gasteiger partial charge is 0.305 e. The highest BCUT2D eigenvalue weighted by molar-refractivity contribution is 6.74. The maximum Gasteiger partial charge on any atom is 0.305 e. The van der Waals surface area contributed by atoms with Gasteiger partial charge in [0.25, 0.3) is 0 Å². The van der Waals surface area contributed by atoms with Crippen LogP contribution < -0.4 is 0 Å². The molecule has 0 radical (unpaired) electrons. The van der Waals surface area contributed by atoms with Crippen LogP contribution in [0, 0.1) is 23.2 Å². The van der Waals surface area contributed by atoms with Gasteiger partial charge in [-0.05, 0) is 122 Å². The van der Waals surface area contributed by atoms with Gasteiger partial charge in [0, 0.05) is 12.8 Å². The minimum absolute atomic E-state index is 0.0161. The summed E-state index contributed by atoms with van der Waals surface area (Å²) < 4.78 is 19.0. The van der Waals surface area contributed by atoms with Gasteiger partial charge in [0.2, 0.25) is 0 Å². The molecule has 0 spiro atoms. The van der Waals surface area contributed by atoms with E-state index in [1.807, 2.05) is 0 Å². The van der Waals surface area contributed by atoms with Gasteiger partial charge >= 0.3 is 5.97 Å². The molecule has 0 aromatic heterocycles. The highest BCUT2D eigenvalue weighted by atomic mass is 28.4. The first kappa shape index (κ1) is 37.5. The van der Waals surface area contributed by atoms with Crippen molar-refractivity contribution in [3.05, 3.63) is 35.5 Å². The Morgan fingerprint density at radius 1 is 1.02 bits per heavy atom. The van der Waals surface area contributed by atoms with E-state index in [1.54, 1.807) is 5.57 Å². The average molecular weight is 645 g/mol. The van der Waals surface area contributed by atoms with Crippen molar-refractivity contribution >= 4 is 22.6 Å².